The van der Waals surface area contributed by atoms with Gasteiger partial charge in [0.25, 0.3) is 0 Å². The molecular weight excluding hydrogens is 260 g/mol. The van der Waals surface area contributed by atoms with E-state index in [2.05, 4.69) is 11.1 Å². The molecule has 2 N–H and O–H groups in total. The molecule has 0 aliphatic heterocycles. The number of rotatable bonds is 5. The lowest BCUT2D eigenvalue weighted by Gasteiger charge is -2.07. The predicted octanol–water partition coefficient (Wildman–Crippen LogP) is 3.83. The molecule has 0 aliphatic carbocycles. The highest BCUT2D eigenvalue weighted by Gasteiger charge is 1.99. The molecule has 1 heterocycles. The van der Waals surface area contributed by atoms with Crippen LogP contribution in [0.2, 0.25) is 0 Å². The molecule has 0 bridgehead atoms. The third-order valence-corrected chi connectivity index (χ3v) is 3.41. The maximum atomic E-state index is 5.79. The Balaban J connectivity index is 1.54. The lowest BCUT2D eigenvalue weighted by Crippen LogP contribution is -2.00. The Bertz CT molecular complexity index is 740. The number of nitrogens with zero attached hydrogens (tertiary/aromatic N) is 1. The Morgan fingerprint density at radius 3 is 2.86 bits per heavy atom. The van der Waals surface area contributed by atoms with Gasteiger partial charge in [-0.05, 0) is 48.7 Å². The van der Waals surface area contributed by atoms with E-state index in [1.807, 2.05) is 48.5 Å². The third-order valence-electron chi connectivity index (χ3n) is 3.41. The topological polar surface area (TPSA) is 48.1 Å². The van der Waals surface area contributed by atoms with Crippen LogP contribution in [0.3, 0.4) is 0 Å². The van der Waals surface area contributed by atoms with Crippen LogP contribution in [-0.4, -0.2) is 11.6 Å². The Kier molecular flexibility index (Phi) is 4.01. The Labute approximate surface area is 124 Å². The number of benzene rings is 2. The summed E-state index contributed by atoms with van der Waals surface area (Å²) in [5, 5.41) is 1.13. The highest BCUT2D eigenvalue weighted by atomic mass is 16.5. The van der Waals surface area contributed by atoms with Crippen molar-refractivity contribution in [2.24, 2.45) is 0 Å². The predicted molar refractivity (Wildman–Crippen MR) is 86.4 cm³/mol. The summed E-state index contributed by atoms with van der Waals surface area (Å²) >= 11 is 0. The fraction of sp³-hybridized carbons (Fsp3) is 0.167. The zero-order valence-electron chi connectivity index (χ0n) is 11.8. The maximum Gasteiger partial charge on any atom is 0.121 e. The van der Waals surface area contributed by atoms with Crippen LogP contribution in [0.25, 0.3) is 10.9 Å². The van der Waals surface area contributed by atoms with Crippen LogP contribution in [0, 0.1) is 0 Å². The number of nitrogen functional groups attached to an aromatic ring is 1. The van der Waals surface area contributed by atoms with Gasteiger partial charge in [-0.3, -0.25) is 4.98 Å². The molecule has 0 spiro atoms. The van der Waals surface area contributed by atoms with Crippen molar-refractivity contribution < 1.29 is 4.74 Å². The molecule has 0 radical (unpaired) electrons. The maximum absolute atomic E-state index is 5.79. The van der Waals surface area contributed by atoms with Crippen LogP contribution >= 0.6 is 0 Å². The first-order valence-electron chi connectivity index (χ1n) is 7.13. The highest BCUT2D eigenvalue weighted by Crippen LogP contribution is 2.19. The van der Waals surface area contributed by atoms with Gasteiger partial charge < -0.3 is 10.5 Å². The summed E-state index contributed by atoms with van der Waals surface area (Å²) in [5.41, 5.74) is 8.80. The van der Waals surface area contributed by atoms with Crippen LogP contribution < -0.4 is 10.5 Å². The summed E-state index contributed by atoms with van der Waals surface area (Å²) in [6.45, 7) is 0.688. The molecule has 0 atom stereocenters. The smallest absolute Gasteiger partial charge is 0.121 e. The molecule has 3 heteroatoms. The van der Waals surface area contributed by atoms with Crippen LogP contribution in [0.1, 0.15) is 12.0 Å². The van der Waals surface area contributed by atoms with Gasteiger partial charge in [0.1, 0.15) is 5.75 Å². The van der Waals surface area contributed by atoms with Crippen LogP contribution in [-0.2, 0) is 6.42 Å². The second kappa shape index (κ2) is 6.27. The summed E-state index contributed by atoms with van der Waals surface area (Å²) in [4.78, 5) is 4.33. The molecule has 2 aromatic carbocycles. The summed E-state index contributed by atoms with van der Waals surface area (Å²) < 4.78 is 5.79. The van der Waals surface area contributed by atoms with Crippen molar-refractivity contribution in [3.05, 3.63) is 66.4 Å². The van der Waals surface area contributed by atoms with Crippen molar-refractivity contribution in [3.63, 3.8) is 0 Å². The van der Waals surface area contributed by atoms with Crippen molar-refractivity contribution in [2.45, 2.75) is 12.8 Å². The molecule has 0 saturated heterocycles. The quantitative estimate of drug-likeness (QED) is 0.570. The van der Waals surface area contributed by atoms with E-state index in [9.17, 15) is 0 Å². The van der Waals surface area contributed by atoms with Gasteiger partial charge in [-0.15, -0.1) is 0 Å². The number of fused-ring (bicyclic) bond motifs is 1. The Morgan fingerprint density at radius 1 is 1.00 bits per heavy atom. The van der Waals surface area contributed by atoms with E-state index in [0.717, 1.165) is 35.2 Å². The van der Waals surface area contributed by atoms with E-state index in [0.29, 0.717) is 6.61 Å². The average Bonchev–Trinajstić information content (AvgIpc) is 2.51. The Morgan fingerprint density at radius 2 is 1.95 bits per heavy atom. The molecule has 21 heavy (non-hydrogen) atoms. The number of aromatic nitrogens is 1. The van der Waals surface area contributed by atoms with E-state index >= 15 is 0 Å². The van der Waals surface area contributed by atoms with Gasteiger partial charge in [-0.25, -0.2) is 0 Å². The van der Waals surface area contributed by atoms with Gasteiger partial charge in [-0.1, -0.05) is 18.2 Å². The summed E-state index contributed by atoms with van der Waals surface area (Å²) in [7, 11) is 0. The molecule has 3 nitrogen and oxygen atoms in total. The fourth-order valence-corrected chi connectivity index (χ4v) is 2.35. The van der Waals surface area contributed by atoms with Crippen molar-refractivity contribution in [1.82, 2.24) is 4.98 Å². The largest absolute Gasteiger partial charge is 0.494 e. The number of hydrogen-bond donors (Lipinski definition) is 1. The number of anilines is 1. The second-order valence-corrected chi connectivity index (χ2v) is 5.05. The minimum Gasteiger partial charge on any atom is -0.494 e. The molecule has 0 unspecified atom stereocenters. The zero-order valence-corrected chi connectivity index (χ0v) is 11.8. The fourth-order valence-electron chi connectivity index (χ4n) is 2.35. The average molecular weight is 278 g/mol. The molecule has 0 saturated carbocycles. The number of nitrogens with two attached hydrogens (primary N) is 1. The summed E-state index contributed by atoms with van der Waals surface area (Å²) in [6.07, 6.45) is 3.73. The Hall–Kier alpha value is -2.55. The number of hydrogen-bond acceptors (Lipinski definition) is 3. The SMILES string of the molecule is Nc1cccc(CCCOc2ccc3cccnc3c2)c1. The van der Waals surface area contributed by atoms with Gasteiger partial charge in [0.15, 0.2) is 0 Å². The van der Waals surface area contributed by atoms with E-state index in [1.54, 1.807) is 6.20 Å². The van der Waals surface area contributed by atoms with Crippen molar-refractivity contribution in [3.8, 4) is 5.75 Å². The highest BCUT2D eigenvalue weighted by molar-refractivity contribution is 5.79. The normalized spacial score (nSPS) is 10.7. The second-order valence-electron chi connectivity index (χ2n) is 5.05. The molecule has 3 rings (SSSR count). The first kappa shape index (κ1) is 13.4. The number of pyridine rings is 1. The van der Waals surface area contributed by atoms with Gasteiger partial charge in [0.2, 0.25) is 0 Å². The van der Waals surface area contributed by atoms with Crippen molar-refractivity contribution in [1.29, 1.82) is 0 Å². The van der Waals surface area contributed by atoms with E-state index in [1.165, 1.54) is 5.56 Å². The van der Waals surface area contributed by atoms with Gasteiger partial charge >= 0.3 is 0 Å². The minimum absolute atomic E-state index is 0.688. The molecular formula is C18H18N2O. The van der Waals surface area contributed by atoms with Gasteiger partial charge in [-0.2, -0.15) is 0 Å². The monoisotopic (exact) mass is 278 g/mol. The van der Waals surface area contributed by atoms with Gasteiger partial charge in [0, 0.05) is 23.3 Å². The summed E-state index contributed by atoms with van der Waals surface area (Å²) in [5.74, 6) is 0.869. The third kappa shape index (κ3) is 3.51. The molecule has 1 aromatic heterocycles. The molecule has 0 amide bonds. The van der Waals surface area contributed by atoms with Gasteiger partial charge in [0.05, 0.1) is 12.1 Å². The minimum atomic E-state index is 0.688. The van der Waals surface area contributed by atoms with E-state index in [-0.39, 0.29) is 0 Å². The van der Waals surface area contributed by atoms with Crippen molar-refractivity contribution >= 4 is 16.6 Å². The molecule has 0 aliphatic rings. The molecule has 106 valence electrons. The zero-order chi connectivity index (χ0) is 14.5. The van der Waals surface area contributed by atoms with Crippen LogP contribution in [0.15, 0.2) is 60.8 Å². The van der Waals surface area contributed by atoms with Crippen molar-refractivity contribution in [2.75, 3.05) is 12.3 Å². The van der Waals surface area contributed by atoms with Crippen LogP contribution in [0.5, 0.6) is 5.75 Å². The van der Waals surface area contributed by atoms with E-state index in [4.69, 9.17) is 10.5 Å². The lowest BCUT2D eigenvalue weighted by molar-refractivity contribution is 0.311. The summed E-state index contributed by atoms with van der Waals surface area (Å²) in [6, 6.07) is 18.0. The van der Waals surface area contributed by atoms with Crippen LogP contribution in [0.4, 0.5) is 5.69 Å². The number of ether oxygens (including phenoxy) is 1. The first-order valence-corrected chi connectivity index (χ1v) is 7.13. The standard InChI is InChI=1S/C18H18N2O/c19-16-7-1-4-14(12-16)5-3-11-21-17-9-8-15-6-2-10-20-18(15)13-17/h1-2,4,6-10,12-13H,3,5,11,19H2. The number of aryl methyl sites for hydroxylation is 1. The molecule has 3 aromatic rings. The lowest BCUT2D eigenvalue weighted by atomic mass is 10.1. The van der Waals surface area contributed by atoms with E-state index < -0.39 is 0 Å². The first-order chi connectivity index (χ1) is 10.3. The molecule has 0 fully saturated rings.